The van der Waals surface area contributed by atoms with Gasteiger partial charge in [-0.25, -0.2) is 0 Å². The fraction of sp³-hybridized carbons (Fsp3) is 0.833. The Hall–Kier alpha value is -1.08. The predicted molar refractivity (Wildman–Crippen MR) is 60.6 cm³/mol. The Bertz CT molecular complexity index is 294. The molecule has 1 saturated carbocycles. The van der Waals surface area contributed by atoms with Gasteiger partial charge in [-0.3, -0.25) is 4.79 Å². The molecule has 0 bridgehead atoms. The number of hydrogen-bond donors (Lipinski definition) is 1. The maximum Gasteiger partial charge on any atom is 0.223 e. The van der Waals surface area contributed by atoms with E-state index in [1.165, 1.54) is 0 Å². The largest absolute Gasteiger partial charge is 0.378 e. The average molecular weight is 224 g/mol. The van der Waals surface area contributed by atoms with Gasteiger partial charge in [0.25, 0.3) is 0 Å². The number of methoxy groups -OCH3 is 1. The van der Waals surface area contributed by atoms with Crippen molar-refractivity contribution in [3.63, 3.8) is 0 Å². The quantitative estimate of drug-likeness (QED) is 0.789. The van der Waals surface area contributed by atoms with Crippen molar-refractivity contribution in [2.24, 2.45) is 5.92 Å². The van der Waals surface area contributed by atoms with Crippen LogP contribution >= 0.6 is 0 Å². The van der Waals surface area contributed by atoms with Gasteiger partial charge in [0, 0.05) is 13.2 Å². The summed E-state index contributed by atoms with van der Waals surface area (Å²) in [5.74, 6) is -0.0476. The standard InChI is InChI=1S/C12H20N2O2/c1-12(2,16-3)7-11(15)14-10-6-4-5-9(10)8-13/h9-10H,4-7H2,1-3H3,(H,14,15). The summed E-state index contributed by atoms with van der Waals surface area (Å²) in [4.78, 5) is 11.7. The van der Waals surface area contributed by atoms with Crippen molar-refractivity contribution in [1.82, 2.24) is 5.32 Å². The van der Waals surface area contributed by atoms with E-state index in [1.54, 1.807) is 7.11 Å². The summed E-state index contributed by atoms with van der Waals surface area (Å²) in [6.07, 6.45) is 3.17. The smallest absolute Gasteiger partial charge is 0.223 e. The van der Waals surface area contributed by atoms with Gasteiger partial charge in [-0.15, -0.1) is 0 Å². The third-order valence-corrected chi connectivity index (χ3v) is 3.17. The highest BCUT2D eigenvalue weighted by Gasteiger charge is 2.30. The minimum Gasteiger partial charge on any atom is -0.378 e. The zero-order valence-corrected chi connectivity index (χ0v) is 10.2. The maximum atomic E-state index is 11.7. The number of ether oxygens (including phenoxy) is 1. The van der Waals surface area contributed by atoms with Gasteiger partial charge in [-0.05, 0) is 33.1 Å². The molecule has 4 nitrogen and oxygen atoms in total. The Balaban J connectivity index is 2.43. The normalized spacial score (nSPS) is 25.1. The van der Waals surface area contributed by atoms with Crippen molar-refractivity contribution in [2.75, 3.05) is 7.11 Å². The molecule has 0 aromatic rings. The third-order valence-electron chi connectivity index (χ3n) is 3.17. The van der Waals surface area contributed by atoms with Gasteiger partial charge in [-0.2, -0.15) is 5.26 Å². The molecule has 1 fully saturated rings. The maximum absolute atomic E-state index is 11.7. The number of carbonyl (C=O) groups excluding carboxylic acids is 1. The Kier molecular flexibility index (Phi) is 4.31. The fourth-order valence-corrected chi connectivity index (χ4v) is 2.00. The second-order valence-electron chi connectivity index (χ2n) is 4.98. The van der Waals surface area contributed by atoms with E-state index in [2.05, 4.69) is 11.4 Å². The summed E-state index contributed by atoms with van der Waals surface area (Å²) in [6.45, 7) is 3.76. The van der Waals surface area contributed by atoms with Crippen LogP contribution in [0.2, 0.25) is 0 Å². The number of nitriles is 1. The molecule has 1 amide bonds. The van der Waals surface area contributed by atoms with Gasteiger partial charge in [0.05, 0.1) is 24.0 Å². The molecule has 0 spiro atoms. The topological polar surface area (TPSA) is 62.1 Å². The number of hydrogen-bond acceptors (Lipinski definition) is 3. The van der Waals surface area contributed by atoms with Crippen LogP contribution in [0.15, 0.2) is 0 Å². The van der Waals surface area contributed by atoms with Crippen molar-refractivity contribution in [3.8, 4) is 6.07 Å². The van der Waals surface area contributed by atoms with Crippen molar-refractivity contribution in [2.45, 2.75) is 51.2 Å². The summed E-state index contributed by atoms with van der Waals surface area (Å²) in [5, 5.41) is 11.8. The molecule has 2 unspecified atom stereocenters. The first kappa shape index (κ1) is 13.0. The molecule has 2 atom stereocenters. The van der Waals surface area contributed by atoms with Crippen molar-refractivity contribution in [1.29, 1.82) is 5.26 Å². The summed E-state index contributed by atoms with van der Waals surface area (Å²) in [6, 6.07) is 2.28. The van der Waals surface area contributed by atoms with E-state index in [0.29, 0.717) is 6.42 Å². The molecule has 0 aromatic heterocycles. The minimum atomic E-state index is -0.440. The Morgan fingerprint density at radius 3 is 2.81 bits per heavy atom. The van der Waals surface area contributed by atoms with Gasteiger partial charge in [0.1, 0.15) is 0 Å². The summed E-state index contributed by atoms with van der Waals surface area (Å²) in [5.41, 5.74) is -0.440. The molecule has 0 aromatic carbocycles. The Labute approximate surface area is 97.0 Å². The highest BCUT2D eigenvalue weighted by molar-refractivity contribution is 5.77. The summed E-state index contributed by atoms with van der Waals surface area (Å²) < 4.78 is 5.20. The molecule has 1 aliphatic rings. The van der Waals surface area contributed by atoms with Gasteiger partial charge in [0.15, 0.2) is 0 Å². The van der Waals surface area contributed by atoms with Gasteiger partial charge < -0.3 is 10.1 Å². The molecule has 0 heterocycles. The van der Waals surface area contributed by atoms with Crippen molar-refractivity contribution >= 4 is 5.91 Å². The highest BCUT2D eigenvalue weighted by Crippen LogP contribution is 2.25. The number of nitrogens with zero attached hydrogens (tertiary/aromatic N) is 1. The number of amides is 1. The lowest BCUT2D eigenvalue weighted by molar-refractivity contribution is -0.126. The lowest BCUT2D eigenvalue weighted by Gasteiger charge is -2.24. The average Bonchev–Trinajstić information content (AvgIpc) is 2.64. The first-order valence-electron chi connectivity index (χ1n) is 5.72. The Morgan fingerprint density at radius 2 is 2.25 bits per heavy atom. The third kappa shape index (κ3) is 3.49. The van der Waals surface area contributed by atoms with Crippen LogP contribution in [0.3, 0.4) is 0 Å². The van der Waals surface area contributed by atoms with E-state index in [9.17, 15) is 4.79 Å². The van der Waals surface area contributed by atoms with Crippen LogP contribution in [0, 0.1) is 17.2 Å². The lowest BCUT2D eigenvalue weighted by Crippen LogP contribution is -2.40. The van der Waals surface area contributed by atoms with E-state index in [0.717, 1.165) is 19.3 Å². The fourth-order valence-electron chi connectivity index (χ4n) is 2.00. The number of carbonyl (C=O) groups is 1. The zero-order valence-electron chi connectivity index (χ0n) is 10.2. The molecule has 0 aliphatic heterocycles. The van der Waals surface area contributed by atoms with Gasteiger partial charge in [-0.1, -0.05) is 0 Å². The first-order valence-corrected chi connectivity index (χ1v) is 5.72. The van der Waals surface area contributed by atoms with Crippen LogP contribution in [0.1, 0.15) is 39.5 Å². The van der Waals surface area contributed by atoms with Crippen LogP contribution in [-0.4, -0.2) is 24.7 Å². The summed E-state index contributed by atoms with van der Waals surface area (Å²) in [7, 11) is 1.60. The monoisotopic (exact) mass is 224 g/mol. The van der Waals surface area contributed by atoms with Crippen LogP contribution < -0.4 is 5.32 Å². The molecule has 0 radical (unpaired) electrons. The second-order valence-corrected chi connectivity index (χ2v) is 4.98. The molecule has 1 N–H and O–H groups in total. The van der Waals surface area contributed by atoms with E-state index >= 15 is 0 Å². The van der Waals surface area contributed by atoms with Crippen LogP contribution in [0.5, 0.6) is 0 Å². The molecule has 1 aliphatic carbocycles. The van der Waals surface area contributed by atoms with Crippen molar-refractivity contribution < 1.29 is 9.53 Å². The SMILES string of the molecule is COC(C)(C)CC(=O)NC1CCCC1C#N. The molecule has 1 rings (SSSR count). The summed E-state index contributed by atoms with van der Waals surface area (Å²) >= 11 is 0. The van der Waals surface area contributed by atoms with Gasteiger partial charge >= 0.3 is 0 Å². The molecule has 16 heavy (non-hydrogen) atoms. The van der Waals surface area contributed by atoms with E-state index in [-0.39, 0.29) is 17.9 Å². The van der Waals surface area contributed by atoms with Crippen LogP contribution in [0.25, 0.3) is 0 Å². The molecule has 4 heteroatoms. The second kappa shape index (κ2) is 5.31. The molecular weight excluding hydrogens is 204 g/mol. The molecular formula is C12H20N2O2. The van der Waals surface area contributed by atoms with E-state index in [1.807, 2.05) is 13.8 Å². The Morgan fingerprint density at radius 1 is 1.56 bits per heavy atom. The number of rotatable bonds is 4. The zero-order chi connectivity index (χ0) is 12.2. The molecule has 0 saturated heterocycles. The van der Waals surface area contributed by atoms with Crippen molar-refractivity contribution in [3.05, 3.63) is 0 Å². The van der Waals surface area contributed by atoms with Gasteiger partial charge in [0.2, 0.25) is 5.91 Å². The van der Waals surface area contributed by atoms with Crippen LogP contribution in [0.4, 0.5) is 0 Å². The van der Waals surface area contributed by atoms with Crippen LogP contribution in [-0.2, 0) is 9.53 Å². The van der Waals surface area contributed by atoms with E-state index in [4.69, 9.17) is 10.00 Å². The predicted octanol–water partition coefficient (Wildman–Crippen LogP) is 1.61. The van der Waals surface area contributed by atoms with E-state index < -0.39 is 5.60 Å². The first-order chi connectivity index (χ1) is 7.48. The number of nitrogens with one attached hydrogen (secondary N) is 1. The molecule has 90 valence electrons. The minimum absolute atomic E-state index is 0.0189. The highest BCUT2D eigenvalue weighted by atomic mass is 16.5. The lowest BCUT2D eigenvalue weighted by atomic mass is 10.0.